The van der Waals surface area contributed by atoms with E-state index in [9.17, 15) is 9.90 Å². The first-order chi connectivity index (χ1) is 7.71. The molecule has 1 rings (SSSR count). The maximum atomic E-state index is 11.9. The molecule has 0 radical (unpaired) electrons. The van der Waals surface area contributed by atoms with E-state index in [4.69, 9.17) is 4.74 Å². The average molecular weight is 242 g/mol. The maximum Gasteiger partial charge on any atom is 0.314 e. The van der Waals surface area contributed by atoms with Gasteiger partial charge in [0.25, 0.3) is 0 Å². The van der Waals surface area contributed by atoms with Crippen LogP contribution >= 0.6 is 0 Å². The van der Waals surface area contributed by atoms with E-state index < -0.39 is 11.0 Å². The quantitative estimate of drug-likeness (QED) is 0.774. The molecule has 0 bridgehead atoms. The molecule has 100 valence electrons. The van der Waals surface area contributed by atoms with Crippen molar-refractivity contribution in [3.63, 3.8) is 0 Å². The van der Waals surface area contributed by atoms with E-state index in [2.05, 4.69) is 13.8 Å². The van der Waals surface area contributed by atoms with Gasteiger partial charge < -0.3 is 9.84 Å². The maximum absolute atomic E-state index is 11.9. The summed E-state index contributed by atoms with van der Waals surface area (Å²) in [7, 11) is 1.40. The molecule has 1 aliphatic carbocycles. The molecule has 0 aromatic heterocycles. The highest BCUT2D eigenvalue weighted by Gasteiger charge is 2.53. The molecule has 3 heteroatoms. The zero-order chi connectivity index (χ0) is 13.3. The van der Waals surface area contributed by atoms with E-state index in [-0.39, 0.29) is 11.4 Å². The van der Waals surface area contributed by atoms with E-state index in [0.29, 0.717) is 19.3 Å². The van der Waals surface area contributed by atoms with Gasteiger partial charge in [-0.15, -0.1) is 0 Å². The summed E-state index contributed by atoms with van der Waals surface area (Å²) in [5.41, 5.74) is -1.42. The van der Waals surface area contributed by atoms with Crippen LogP contribution in [0.1, 0.15) is 59.8 Å². The molecule has 1 fully saturated rings. The number of ether oxygens (including phenoxy) is 1. The van der Waals surface area contributed by atoms with Crippen LogP contribution in [0.4, 0.5) is 0 Å². The van der Waals surface area contributed by atoms with Gasteiger partial charge >= 0.3 is 5.97 Å². The number of aliphatic hydroxyl groups is 1. The normalized spacial score (nSPS) is 26.0. The van der Waals surface area contributed by atoms with Crippen LogP contribution in [0.15, 0.2) is 0 Å². The first-order valence-corrected chi connectivity index (χ1v) is 6.51. The lowest BCUT2D eigenvalue weighted by Gasteiger charge is -2.48. The van der Waals surface area contributed by atoms with E-state index in [1.54, 1.807) is 0 Å². The highest BCUT2D eigenvalue weighted by atomic mass is 16.5. The Bertz CT molecular complexity index is 286. The summed E-state index contributed by atoms with van der Waals surface area (Å²) in [6.45, 7) is 8.20. The predicted molar refractivity (Wildman–Crippen MR) is 67.6 cm³/mol. The fraction of sp³-hybridized carbons (Fsp3) is 0.929. The first kappa shape index (κ1) is 14.5. The van der Waals surface area contributed by atoms with Crippen LogP contribution in [0.3, 0.4) is 0 Å². The van der Waals surface area contributed by atoms with Gasteiger partial charge in [-0.1, -0.05) is 20.8 Å². The van der Waals surface area contributed by atoms with Crippen molar-refractivity contribution in [2.75, 3.05) is 7.11 Å². The Hall–Kier alpha value is -0.570. The molecule has 17 heavy (non-hydrogen) atoms. The molecule has 1 unspecified atom stereocenters. The van der Waals surface area contributed by atoms with Gasteiger partial charge in [0.2, 0.25) is 0 Å². The van der Waals surface area contributed by atoms with Gasteiger partial charge in [0.1, 0.15) is 0 Å². The summed E-state index contributed by atoms with van der Waals surface area (Å²) in [6, 6.07) is 0. The molecule has 0 heterocycles. The van der Waals surface area contributed by atoms with Crippen molar-refractivity contribution >= 4 is 5.97 Å². The van der Waals surface area contributed by atoms with Gasteiger partial charge in [-0.3, -0.25) is 4.79 Å². The number of carbonyl (C=O) groups excluding carboxylic acids is 1. The third-order valence-corrected chi connectivity index (χ3v) is 4.80. The van der Waals surface area contributed by atoms with Crippen molar-refractivity contribution in [2.24, 2.45) is 10.8 Å². The van der Waals surface area contributed by atoms with Crippen molar-refractivity contribution in [3.8, 4) is 0 Å². The van der Waals surface area contributed by atoms with Gasteiger partial charge in [-0.25, -0.2) is 0 Å². The summed E-state index contributed by atoms with van der Waals surface area (Å²) in [4.78, 5) is 11.9. The van der Waals surface area contributed by atoms with E-state index in [1.165, 1.54) is 7.11 Å². The monoisotopic (exact) mass is 242 g/mol. The Morgan fingerprint density at radius 2 is 1.76 bits per heavy atom. The highest BCUT2D eigenvalue weighted by Crippen LogP contribution is 2.49. The number of methoxy groups -OCH3 is 1. The molecule has 0 aromatic rings. The van der Waals surface area contributed by atoms with Gasteiger partial charge in [0, 0.05) is 0 Å². The minimum absolute atomic E-state index is 0.275. The standard InChI is InChI=1S/C14H26O3/c1-6-13(4,11(15)17-5)14(16)9-7-12(2,3)8-10-14/h16H,6-10H2,1-5H3. The van der Waals surface area contributed by atoms with Crippen LogP contribution in [-0.4, -0.2) is 23.8 Å². The zero-order valence-electron chi connectivity index (χ0n) is 11.8. The molecule has 3 nitrogen and oxygen atoms in total. The third-order valence-electron chi connectivity index (χ3n) is 4.80. The van der Waals surface area contributed by atoms with Crippen molar-refractivity contribution < 1.29 is 14.6 Å². The molecular weight excluding hydrogens is 216 g/mol. The van der Waals surface area contributed by atoms with Gasteiger partial charge in [-0.2, -0.15) is 0 Å². The number of carbonyl (C=O) groups is 1. The lowest BCUT2D eigenvalue weighted by atomic mass is 9.60. The topological polar surface area (TPSA) is 46.5 Å². The van der Waals surface area contributed by atoms with Crippen molar-refractivity contribution in [1.29, 1.82) is 0 Å². The number of hydrogen-bond acceptors (Lipinski definition) is 3. The third kappa shape index (κ3) is 2.49. The molecule has 1 aliphatic rings. The van der Waals surface area contributed by atoms with Gasteiger partial charge in [0.15, 0.2) is 0 Å². The molecule has 1 N–H and O–H groups in total. The molecule has 0 saturated heterocycles. The van der Waals surface area contributed by atoms with Crippen LogP contribution in [-0.2, 0) is 9.53 Å². The smallest absolute Gasteiger partial charge is 0.314 e. The molecule has 0 amide bonds. The van der Waals surface area contributed by atoms with Gasteiger partial charge in [-0.05, 0) is 44.4 Å². The molecule has 0 aromatic carbocycles. The summed E-state index contributed by atoms with van der Waals surface area (Å²) < 4.78 is 4.88. The molecule has 0 aliphatic heterocycles. The van der Waals surface area contributed by atoms with Gasteiger partial charge in [0.05, 0.1) is 18.1 Å². The Morgan fingerprint density at radius 1 is 1.29 bits per heavy atom. The largest absolute Gasteiger partial charge is 0.469 e. The molecule has 1 atom stereocenters. The fourth-order valence-electron chi connectivity index (χ4n) is 2.78. The average Bonchev–Trinajstić information content (AvgIpc) is 2.31. The lowest BCUT2D eigenvalue weighted by Crippen LogP contribution is -2.54. The SMILES string of the molecule is CCC(C)(C(=O)OC)C1(O)CCC(C)(C)CC1. The number of rotatable bonds is 3. The summed E-state index contributed by atoms with van der Waals surface area (Å²) in [5.74, 6) is -0.290. The lowest BCUT2D eigenvalue weighted by molar-refractivity contribution is -0.179. The molecule has 1 saturated carbocycles. The molecule has 0 spiro atoms. The second kappa shape index (κ2) is 4.60. The molecular formula is C14H26O3. The number of esters is 1. The number of hydrogen-bond donors (Lipinski definition) is 1. The van der Waals surface area contributed by atoms with Crippen molar-refractivity contribution in [2.45, 2.75) is 65.4 Å². The van der Waals surface area contributed by atoms with E-state index in [1.807, 2.05) is 13.8 Å². The summed E-state index contributed by atoms with van der Waals surface area (Å²) in [6.07, 6.45) is 3.88. The van der Waals surface area contributed by atoms with Crippen LogP contribution < -0.4 is 0 Å². The van der Waals surface area contributed by atoms with Crippen LogP contribution in [0.2, 0.25) is 0 Å². The minimum atomic E-state index is -0.912. The Morgan fingerprint density at radius 3 is 2.12 bits per heavy atom. The highest BCUT2D eigenvalue weighted by molar-refractivity contribution is 5.77. The fourth-order valence-corrected chi connectivity index (χ4v) is 2.78. The van der Waals surface area contributed by atoms with Crippen LogP contribution in [0.25, 0.3) is 0 Å². The van der Waals surface area contributed by atoms with Crippen molar-refractivity contribution in [3.05, 3.63) is 0 Å². The zero-order valence-corrected chi connectivity index (χ0v) is 11.8. The first-order valence-electron chi connectivity index (χ1n) is 6.51. The second-order valence-electron chi connectivity index (χ2n) is 6.37. The second-order valence-corrected chi connectivity index (χ2v) is 6.37. The van der Waals surface area contributed by atoms with E-state index >= 15 is 0 Å². The van der Waals surface area contributed by atoms with E-state index in [0.717, 1.165) is 12.8 Å². The Labute approximate surface area is 105 Å². The summed E-state index contributed by atoms with van der Waals surface area (Å²) >= 11 is 0. The minimum Gasteiger partial charge on any atom is -0.469 e. The van der Waals surface area contributed by atoms with Crippen molar-refractivity contribution in [1.82, 2.24) is 0 Å². The predicted octanol–water partition coefficient (Wildman–Crippen LogP) is 2.91. The Kier molecular flexibility index (Phi) is 3.92. The van der Waals surface area contributed by atoms with Crippen LogP contribution in [0, 0.1) is 10.8 Å². The summed E-state index contributed by atoms with van der Waals surface area (Å²) in [5, 5.41) is 10.8. The Balaban J connectivity index is 2.93. The van der Waals surface area contributed by atoms with Crippen LogP contribution in [0.5, 0.6) is 0 Å².